The fourth-order valence-corrected chi connectivity index (χ4v) is 2.22. The summed E-state index contributed by atoms with van der Waals surface area (Å²) in [6.07, 6.45) is 4.27. The largest absolute Gasteiger partial charge is 0.408 e. The minimum absolute atomic E-state index is 0.901. The zero-order valence-corrected chi connectivity index (χ0v) is 10.9. The summed E-state index contributed by atoms with van der Waals surface area (Å²) in [5.41, 5.74) is 2.26. The average molecular weight is 246 g/mol. The van der Waals surface area contributed by atoms with E-state index in [1.807, 2.05) is 35.3 Å². The third kappa shape index (κ3) is 3.20. The van der Waals surface area contributed by atoms with Gasteiger partial charge in [-0.1, -0.05) is 25.5 Å². The van der Waals surface area contributed by atoms with Crippen LogP contribution in [-0.4, -0.2) is 0 Å². The number of azo groups is 1. The Balaban J connectivity index is 2.09. The lowest BCUT2D eigenvalue weighted by Gasteiger charge is -1.96. The van der Waals surface area contributed by atoms with Crippen molar-refractivity contribution in [3.8, 4) is 0 Å². The molecule has 0 aliphatic carbocycles. The first-order chi connectivity index (χ1) is 8.29. The highest BCUT2D eigenvalue weighted by molar-refractivity contribution is 7.12. The third-order valence-corrected chi connectivity index (χ3v) is 3.32. The van der Waals surface area contributed by atoms with Crippen LogP contribution in [0.4, 0.5) is 10.8 Å². The van der Waals surface area contributed by atoms with Crippen LogP contribution in [0.3, 0.4) is 0 Å². The molecule has 1 aromatic carbocycles. The van der Waals surface area contributed by atoms with Gasteiger partial charge in [-0.3, -0.25) is 0 Å². The molecule has 0 N–H and O–H groups in total. The van der Waals surface area contributed by atoms with E-state index in [9.17, 15) is 0 Å². The maximum Gasteiger partial charge on any atom is 0.408 e. The maximum atomic E-state index is 4.23. The van der Waals surface area contributed by atoms with Crippen LogP contribution < -0.4 is 4.57 Å². The predicted octanol–water partition coefficient (Wildman–Crippen LogP) is 3.94. The fraction of sp³-hybridized carbons (Fsp3) is 0.308. The molecule has 88 valence electrons. The van der Waals surface area contributed by atoms with E-state index in [2.05, 4.69) is 29.3 Å². The molecular weight excluding hydrogens is 230 g/mol. The summed E-state index contributed by atoms with van der Waals surface area (Å²) in [7, 11) is 1.97. The van der Waals surface area contributed by atoms with Gasteiger partial charge in [-0.05, 0) is 40.6 Å². The summed E-state index contributed by atoms with van der Waals surface area (Å²) < 4.78 is 1.96. The molecule has 0 aliphatic rings. The highest BCUT2D eigenvalue weighted by atomic mass is 32.1. The number of hydrogen-bond donors (Lipinski definition) is 0. The number of nitrogens with zero attached hydrogens (tertiary/aromatic N) is 3. The molecule has 0 saturated carbocycles. The zero-order valence-electron chi connectivity index (χ0n) is 10.1. The molecule has 1 aromatic heterocycles. The van der Waals surface area contributed by atoms with Crippen molar-refractivity contribution in [3.05, 3.63) is 41.4 Å². The Bertz CT molecular complexity index is 500. The van der Waals surface area contributed by atoms with E-state index in [1.165, 1.54) is 12.0 Å². The summed E-state index contributed by atoms with van der Waals surface area (Å²) >= 11 is 1.58. The van der Waals surface area contributed by atoms with E-state index in [0.29, 0.717) is 0 Å². The molecule has 0 aliphatic heterocycles. The molecule has 17 heavy (non-hydrogen) atoms. The second kappa shape index (κ2) is 5.68. The lowest BCUT2D eigenvalue weighted by Crippen LogP contribution is -2.23. The Morgan fingerprint density at radius 1 is 1.18 bits per heavy atom. The molecule has 0 saturated heterocycles. The molecule has 4 heteroatoms. The summed E-state index contributed by atoms with van der Waals surface area (Å²) in [5.74, 6) is 0. The Labute approximate surface area is 105 Å². The smallest absolute Gasteiger partial charge is 0.222 e. The van der Waals surface area contributed by atoms with E-state index >= 15 is 0 Å². The second-order valence-corrected chi connectivity index (χ2v) is 4.79. The maximum absolute atomic E-state index is 4.23. The van der Waals surface area contributed by atoms with Crippen molar-refractivity contribution in [2.45, 2.75) is 19.8 Å². The molecular formula is C13H16N3S+. The van der Waals surface area contributed by atoms with Gasteiger partial charge in [0.15, 0.2) is 0 Å². The number of hydrogen-bond acceptors (Lipinski definition) is 3. The summed E-state index contributed by atoms with van der Waals surface area (Å²) in [6.45, 7) is 2.18. The van der Waals surface area contributed by atoms with Gasteiger partial charge >= 0.3 is 5.13 Å². The van der Waals surface area contributed by atoms with Gasteiger partial charge in [0.25, 0.3) is 0 Å². The van der Waals surface area contributed by atoms with Crippen molar-refractivity contribution in [1.29, 1.82) is 0 Å². The summed E-state index contributed by atoms with van der Waals surface area (Å²) in [4.78, 5) is 0. The van der Waals surface area contributed by atoms with Gasteiger partial charge in [-0.25, -0.2) is 4.57 Å². The van der Waals surface area contributed by atoms with E-state index in [4.69, 9.17) is 0 Å². The quantitative estimate of drug-likeness (QED) is 0.577. The van der Waals surface area contributed by atoms with E-state index in [1.54, 1.807) is 11.3 Å². The first-order valence-corrected chi connectivity index (χ1v) is 6.61. The van der Waals surface area contributed by atoms with Crippen LogP contribution in [0.1, 0.15) is 18.9 Å². The van der Waals surface area contributed by atoms with Crippen molar-refractivity contribution in [2.75, 3.05) is 0 Å². The van der Waals surface area contributed by atoms with Gasteiger partial charge < -0.3 is 0 Å². The molecule has 2 aromatic rings. The first-order valence-electron chi connectivity index (χ1n) is 5.73. The number of thiazole rings is 1. The Morgan fingerprint density at radius 3 is 2.53 bits per heavy atom. The Morgan fingerprint density at radius 2 is 1.94 bits per heavy atom. The standard InChI is InChI=1S/C13H16N3S/c1-3-4-11-5-7-12(8-6-11)14-15-13-16(2)9-10-17-13/h5-10H,3-4H2,1-2H3/q+1. The van der Waals surface area contributed by atoms with Gasteiger partial charge in [-0.15, -0.1) is 0 Å². The van der Waals surface area contributed by atoms with E-state index in [-0.39, 0.29) is 0 Å². The van der Waals surface area contributed by atoms with E-state index in [0.717, 1.165) is 17.2 Å². The lowest BCUT2D eigenvalue weighted by atomic mass is 10.1. The predicted molar refractivity (Wildman–Crippen MR) is 70.1 cm³/mol. The number of aryl methyl sites for hydroxylation is 2. The van der Waals surface area contributed by atoms with Gasteiger partial charge in [0.05, 0.1) is 12.2 Å². The second-order valence-electron chi connectivity index (χ2n) is 3.91. The molecule has 0 atom stereocenters. The van der Waals surface area contributed by atoms with Gasteiger partial charge in [0, 0.05) is 5.38 Å². The molecule has 0 fully saturated rings. The molecule has 1 heterocycles. The lowest BCUT2D eigenvalue weighted by molar-refractivity contribution is -0.654. The minimum atomic E-state index is 0.901. The van der Waals surface area contributed by atoms with Gasteiger partial charge in [-0.2, -0.15) is 0 Å². The first kappa shape index (κ1) is 11.9. The van der Waals surface area contributed by atoms with Crippen molar-refractivity contribution < 1.29 is 4.57 Å². The highest BCUT2D eigenvalue weighted by Crippen LogP contribution is 2.19. The number of aromatic nitrogens is 1. The summed E-state index contributed by atoms with van der Waals surface area (Å²) in [6, 6.07) is 8.27. The zero-order chi connectivity index (χ0) is 12.1. The molecule has 0 amide bonds. The van der Waals surface area contributed by atoms with Crippen molar-refractivity contribution in [1.82, 2.24) is 0 Å². The number of benzene rings is 1. The van der Waals surface area contributed by atoms with Gasteiger partial charge in [0.1, 0.15) is 11.9 Å². The molecule has 0 spiro atoms. The normalized spacial score (nSPS) is 11.2. The Kier molecular flexibility index (Phi) is 3.98. The average Bonchev–Trinajstić information content (AvgIpc) is 2.75. The highest BCUT2D eigenvalue weighted by Gasteiger charge is 2.06. The van der Waals surface area contributed by atoms with Crippen molar-refractivity contribution in [3.63, 3.8) is 0 Å². The van der Waals surface area contributed by atoms with Crippen LogP contribution in [0.5, 0.6) is 0 Å². The molecule has 2 rings (SSSR count). The van der Waals surface area contributed by atoms with Crippen molar-refractivity contribution in [2.24, 2.45) is 17.3 Å². The number of rotatable bonds is 4. The van der Waals surface area contributed by atoms with E-state index < -0.39 is 0 Å². The third-order valence-electron chi connectivity index (χ3n) is 2.49. The van der Waals surface area contributed by atoms with Gasteiger partial charge in [0.2, 0.25) is 0 Å². The van der Waals surface area contributed by atoms with Crippen LogP contribution >= 0.6 is 11.3 Å². The molecule has 0 bridgehead atoms. The van der Waals surface area contributed by atoms with Crippen LogP contribution in [0.15, 0.2) is 46.1 Å². The van der Waals surface area contributed by atoms with Crippen LogP contribution in [0.2, 0.25) is 0 Å². The Hall–Kier alpha value is -1.55. The topological polar surface area (TPSA) is 28.6 Å². The monoisotopic (exact) mass is 246 g/mol. The van der Waals surface area contributed by atoms with Crippen LogP contribution in [-0.2, 0) is 13.5 Å². The molecule has 0 radical (unpaired) electrons. The SMILES string of the molecule is CCCc1ccc(N=Nc2scc[n+]2C)cc1. The fourth-order valence-electron chi connectivity index (χ4n) is 1.54. The summed E-state index contributed by atoms with van der Waals surface area (Å²) in [5, 5.41) is 11.3. The van der Waals surface area contributed by atoms with Crippen molar-refractivity contribution >= 4 is 22.2 Å². The minimum Gasteiger partial charge on any atom is -0.222 e. The molecule has 0 unspecified atom stereocenters. The molecule has 3 nitrogen and oxygen atoms in total. The van der Waals surface area contributed by atoms with Crippen LogP contribution in [0, 0.1) is 0 Å². The van der Waals surface area contributed by atoms with Crippen LogP contribution in [0.25, 0.3) is 0 Å².